The summed E-state index contributed by atoms with van der Waals surface area (Å²) in [6, 6.07) is 7.41. The summed E-state index contributed by atoms with van der Waals surface area (Å²) < 4.78 is 5.69. The SMILES string of the molecule is NCC1(NC(=O)c2ccc(OCC3CC3)cc2)CCCC1. The van der Waals surface area contributed by atoms with Crippen molar-refractivity contribution in [2.75, 3.05) is 13.2 Å². The molecule has 0 spiro atoms. The number of rotatable bonds is 6. The van der Waals surface area contributed by atoms with Crippen molar-refractivity contribution in [1.29, 1.82) is 0 Å². The number of amides is 1. The van der Waals surface area contributed by atoms with Gasteiger partial charge in [-0.3, -0.25) is 4.79 Å². The summed E-state index contributed by atoms with van der Waals surface area (Å²) in [5.41, 5.74) is 6.34. The number of benzene rings is 1. The molecule has 2 fully saturated rings. The molecule has 21 heavy (non-hydrogen) atoms. The van der Waals surface area contributed by atoms with Crippen LogP contribution in [-0.4, -0.2) is 24.6 Å². The van der Waals surface area contributed by atoms with Crippen molar-refractivity contribution in [2.45, 2.75) is 44.1 Å². The van der Waals surface area contributed by atoms with E-state index in [-0.39, 0.29) is 11.4 Å². The van der Waals surface area contributed by atoms with Crippen molar-refractivity contribution >= 4 is 5.91 Å². The van der Waals surface area contributed by atoms with E-state index in [2.05, 4.69) is 5.32 Å². The second kappa shape index (κ2) is 6.06. The van der Waals surface area contributed by atoms with Gasteiger partial charge in [0.15, 0.2) is 0 Å². The zero-order valence-electron chi connectivity index (χ0n) is 12.4. The molecule has 0 unspecified atom stereocenters. The Bertz CT molecular complexity index is 488. The van der Waals surface area contributed by atoms with E-state index in [1.54, 1.807) is 0 Å². The lowest BCUT2D eigenvalue weighted by atomic mass is 9.97. The monoisotopic (exact) mass is 288 g/mol. The zero-order valence-corrected chi connectivity index (χ0v) is 12.4. The maximum absolute atomic E-state index is 12.3. The van der Waals surface area contributed by atoms with Crippen LogP contribution in [0.5, 0.6) is 5.75 Å². The van der Waals surface area contributed by atoms with Gasteiger partial charge in [-0.25, -0.2) is 0 Å². The molecule has 4 heteroatoms. The average molecular weight is 288 g/mol. The van der Waals surface area contributed by atoms with Gasteiger partial charge in [-0.05, 0) is 55.9 Å². The summed E-state index contributed by atoms with van der Waals surface area (Å²) in [5, 5.41) is 3.13. The lowest BCUT2D eigenvalue weighted by molar-refractivity contribution is 0.0903. The molecule has 0 aromatic heterocycles. The van der Waals surface area contributed by atoms with Gasteiger partial charge < -0.3 is 15.8 Å². The van der Waals surface area contributed by atoms with Gasteiger partial charge in [0.1, 0.15) is 5.75 Å². The molecule has 0 heterocycles. The second-order valence-electron chi connectivity index (χ2n) is 6.42. The van der Waals surface area contributed by atoms with Gasteiger partial charge in [0.2, 0.25) is 0 Å². The van der Waals surface area contributed by atoms with Crippen LogP contribution in [0.15, 0.2) is 24.3 Å². The Morgan fingerprint density at radius 3 is 2.48 bits per heavy atom. The van der Waals surface area contributed by atoms with Crippen molar-refractivity contribution < 1.29 is 9.53 Å². The van der Waals surface area contributed by atoms with E-state index in [1.165, 1.54) is 12.8 Å². The van der Waals surface area contributed by atoms with Crippen LogP contribution < -0.4 is 15.8 Å². The first kappa shape index (κ1) is 14.4. The molecule has 0 radical (unpaired) electrons. The van der Waals surface area contributed by atoms with E-state index in [9.17, 15) is 4.79 Å². The minimum absolute atomic E-state index is 0.0314. The molecule has 2 aliphatic rings. The summed E-state index contributed by atoms with van der Waals surface area (Å²) in [5.74, 6) is 1.55. The molecular weight excluding hydrogens is 264 g/mol. The Labute approximate surface area is 126 Å². The summed E-state index contributed by atoms with van der Waals surface area (Å²) in [7, 11) is 0. The number of hydrogen-bond donors (Lipinski definition) is 2. The van der Waals surface area contributed by atoms with Crippen molar-refractivity contribution in [1.82, 2.24) is 5.32 Å². The maximum Gasteiger partial charge on any atom is 0.251 e. The summed E-state index contributed by atoms with van der Waals surface area (Å²) in [4.78, 5) is 12.3. The molecule has 1 amide bonds. The number of carbonyl (C=O) groups is 1. The highest BCUT2D eigenvalue weighted by atomic mass is 16.5. The van der Waals surface area contributed by atoms with Gasteiger partial charge in [0.25, 0.3) is 5.91 Å². The Morgan fingerprint density at radius 2 is 1.90 bits per heavy atom. The van der Waals surface area contributed by atoms with Crippen LogP contribution >= 0.6 is 0 Å². The lowest BCUT2D eigenvalue weighted by Crippen LogP contribution is -2.51. The fourth-order valence-electron chi connectivity index (χ4n) is 2.95. The third-order valence-electron chi connectivity index (χ3n) is 4.63. The van der Waals surface area contributed by atoms with Crippen LogP contribution in [-0.2, 0) is 0 Å². The quantitative estimate of drug-likeness (QED) is 0.845. The van der Waals surface area contributed by atoms with Gasteiger partial charge in [-0.1, -0.05) is 12.8 Å². The van der Waals surface area contributed by atoms with Crippen LogP contribution in [0.4, 0.5) is 0 Å². The molecule has 0 aliphatic heterocycles. The van der Waals surface area contributed by atoms with Gasteiger partial charge in [0, 0.05) is 12.1 Å². The highest BCUT2D eigenvalue weighted by molar-refractivity contribution is 5.94. The lowest BCUT2D eigenvalue weighted by Gasteiger charge is -2.28. The Balaban J connectivity index is 1.58. The second-order valence-corrected chi connectivity index (χ2v) is 6.42. The van der Waals surface area contributed by atoms with Crippen LogP contribution in [0.25, 0.3) is 0 Å². The normalized spacial score (nSPS) is 20.2. The minimum atomic E-state index is -0.196. The van der Waals surface area contributed by atoms with E-state index in [0.717, 1.165) is 44.0 Å². The first-order valence-electron chi connectivity index (χ1n) is 7.96. The molecule has 1 aromatic carbocycles. The number of nitrogens with two attached hydrogens (primary N) is 1. The van der Waals surface area contributed by atoms with E-state index >= 15 is 0 Å². The van der Waals surface area contributed by atoms with Crippen LogP contribution in [0.2, 0.25) is 0 Å². The standard InChI is InChI=1S/C17H24N2O2/c18-12-17(9-1-2-10-17)19-16(20)14-5-7-15(8-6-14)21-11-13-3-4-13/h5-8,13H,1-4,9-12,18H2,(H,19,20). The molecule has 0 bridgehead atoms. The minimum Gasteiger partial charge on any atom is -0.493 e. The number of hydrogen-bond acceptors (Lipinski definition) is 3. The van der Waals surface area contributed by atoms with Crippen LogP contribution in [0.1, 0.15) is 48.9 Å². The third kappa shape index (κ3) is 3.56. The van der Waals surface area contributed by atoms with E-state index in [1.807, 2.05) is 24.3 Å². The van der Waals surface area contributed by atoms with Crippen molar-refractivity contribution in [3.8, 4) is 5.75 Å². The molecule has 0 atom stereocenters. The molecular formula is C17H24N2O2. The number of nitrogens with one attached hydrogen (secondary N) is 1. The first-order chi connectivity index (χ1) is 10.2. The summed E-state index contributed by atoms with van der Waals surface area (Å²) in [6.07, 6.45) is 6.82. The summed E-state index contributed by atoms with van der Waals surface area (Å²) >= 11 is 0. The zero-order chi connectivity index (χ0) is 14.7. The highest BCUT2D eigenvalue weighted by Crippen LogP contribution is 2.30. The Hall–Kier alpha value is -1.55. The van der Waals surface area contributed by atoms with E-state index in [4.69, 9.17) is 10.5 Å². The topological polar surface area (TPSA) is 64.3 Å². The number of carbonyl (C=O) groups excluding carboxylic acids is 1. The van der Waals surface area contributed by atoms with Gasteiger partial charge in [-0.2, -0.15) is 0 Å². The predicted molar refractivity (Wildman–Crippen MR) is 82.4 cm³/mol. The average Bonchev–Trinajstić information content (AvgIpc) is 3.24. The molecule has 2 aliphatic carbocycles. The van der Waals surface area contributed by atoms with Gasteiger partial charge in [0.05, 0.1) is 12.1 Å². The molecule has 2 saturated carbocycles. The first-order valence-corrected chi connectivity index (χ1v) is 7.96. The Morgan fingerprint density at radius 1 is 1.24 bits per heavy atom. The molecule has 0 saturated heterocycles. The fraction of sp³-hybridized carbons (Fsp3) is 0.588. The van der Waals surface area contributed by atoms with Crippen LogP contribution in [0, 0.1) is 5.92 Å². The van der Waals surface area contributed by atoms with Gasteiger partial charge >= 0.3 is 0 Å². The predicted octanol–water partition coefficient (Wildman–Crippen LogP) is 2.48. The molecule has 3 rings (SSSR count). The van der Waals surface area contributed by atoms with Crippen molar-refractivity contribution in [2.24, 2.45) is 11.7 Å². The molecule has 1 aromatic rings. The largest absolute Gasteiger partial charge is 0.493 e. The molecule has 4 nitrogen and oxygen atoms in total. The maximum atomic E-state index is 12.3. The van der Waals surface area contributed by atoms with E-state index < -0.39 is 0 Å². The van der Waals surface area contributed by atoms with Crippen LogP contribution in [0.3, 0.4) is 0 Å². The fourth-order valence-corrected chi connectivity index (χ4v) is 2.95. The van der Waals surface area contributed by atoms with Gasteiger partial charge in [-0.15, -0.1) is 0 Å². The third-order valence-corrected chi connectivity index (χ3v) is 4.63. The van der Waals surface area contributed by atoms with Crippen molar-refractivity contribution in [3.63, 3.8) is 0 Å². The Kier molecular flexibility index (Phi) is 4.15. The highest BCUT2D eigenvalue weighted by Gasteiger charge is 2.34. The number of ether oxygens (including phenoxy) is 1. The summed E-state index contributed by atoms with van der Waals surface area (Å²) in [6.45, 7) is 1.31. The molecule has 114 valence electrons. The molecule has 3 N–H and O–H groups in total. The van der Waals surface area contributed by atoms with E-state index in [0.29, 0.717) is 12.1 Å². The smallest absolute Gasteiger partial charge is 0.251 e. The van der Waals surface area contributed by atoms with Crippen molar-refractivity contribution in [3.05, 3.63) is 29.8 Å².